The molecule has 0 aliphatic heterocycles. The first-order chi connectivity index (χ1) is 8.56. The molecule has 0 heterocycles. The van der Waals surface area contributed by atoms with Crippen LogP contribution in [0.4, 0.5) is 0 Å². The van der Waals surface area contributed by atoms with Crippen LogP contribution in [-0.4, -0.2) is 13.1 Å². The summed E-state index contributed by atoms with van der Waals surface area (Å²) in [6.45, 7) is 8.78. The molecular formula is C15H23Cl2N. The maximum absolute atomic E-state index is 6.23. The number of benzene rings is 1. The van der Waals surface area contributed by atoms with Crippen LogP contribution >= 0.6 is 23.2 Å². The SMILES string of the molecule is CCCNCC(Cc1c(Cl)cccc1Cl)C(C)C. The molecule has 0 radical (unpaired) electrons. The Morgan fingerprint density at radius 1 is 1.17 bits per heavy atom. The lowest BCUT2D eigenvalue weighted by molar-refractivity contribution is 0.361. The highest BCUT2D eigenvalue weighted by Crippen LogP contribution is 2.28. The Kier molecular flexibility index (Phi) is 7.06. The van der Waals surface area contributed by atoms with Gasteiger partial charge in [0, 0.05) is 10.0 Å². The van der Waals surface area contributed by atoms with Gasteiger partial charge < -0.3 is 5.32 Å². The average molecular weight is 288 g/mol. The Bertz CT molecular complexity index is 343. The van der Waals surface area contributed by atoms with Crippen molar-refractivity contribution in [2.24, 2.45) is 11.8 Å². The predicted molar refractivity (Wildman–Crippen MR) is 81.7 cm³/mol. The fourth-order valence-electron chi connectivity index (χ4n) is 2.00. The normalized spacial score (nSPS) is 13.0. The quantitative estimate of drug-likeness (QED) is 0.710. The van der Waals surface area contributed by atoms with Crippen molar-refractivity contribution in [3.8, 4) is 0 Å². The number of halogens is 2. The molecule has 0 amide bonds. The van der Waals surface area contributed by atoms with Crippen LogP contribution in [0.2, 0.25) is 10.0 Å². The van der Waals surface area contributed by atoms with Crippen molar-refractivity contribution in [1.29, 1.82) is 0 Å². The van der Waals surface area contributed by atoms with E-state index in [2.05, 4.69) is 26.1 Å². The standard InChI is InChI=1S/C15H23Cl2N/c1-4-8-18-10-12(11(2)3)9-13-14(16)6-5-7-15(13)17/h5-7,11-12,18H,4,8-10H2,1-3H3. The third-order valence-corrected chi connectivity index (χ3v) is 4.01. The fourth-order valence-corrected chi connectivity index (χ4v) is 2.55. The maximum atomic E-state index is 6.23. The van der Waals surface area contributed by atoms with Crippen LogP contribution in [0, 0.1) is 11.8 Å². The number of nitrogens with one attached hydrogen (secondary N) is 1. The van der Waals surface area contributed by atoms with E-state index in [9.17, 15) is 0 Å². The second kappa shape index (κ2) is 8.04. The van der Waals surface area contributed by atoms with Crippen molar-refractivity contribution in [2.75, 3.05) is 13.1 Å². The third kappa shape index (κ3) is 4.79. The van der Waals surface area contributed by atoms with E-state index in [0.717, 1.165) is 41.5 Å². The van der Waals surface area contributed by atoms with E-state index in [1.54, 1.807) is 0 Å². The second-order valence-electron chi connectivity index (χ2n) is 5.11. The molecule has 0 saturated carbocycles. The summed E-state index contributed by atoms with van der Waals surface area (Å²) in [5.74, 6) is 1.18. The summed E-state index contributed by atoms with van der Waals surface area (Å²) in [6, 6.07) is 5.73. The zero-order valence-electron chi connectivity index (χ0n) is 11.5. The Morgan fingerprint density at radius 2 is 1.78 bits per heavy atom. The molecule has 0 spiro atoms. The van der Waals surface area contributed by atoms with Crippen LogP contribution in [0.1, 0.15) is 32.8 Å². The first kappa shape index (κ1) is 15.8. The molecule has 1 aromatic rings. The Balaban J connectivity index is 2.71. The van der Waals surface area contributed by atoms with Gasteiger partial charge in [-0.1, -0.05) is 50.0 Å². The molecule has 3 heteroatoms. The molecule has 1 N–H and O–H groups in total. The van der Waals surface area contributed by atoms with Gasteiger partial charge in [0.25, 0.3) is 0 Å². The molecule has 1 aromatic carbocycles. The van der Waals surface area contributed by atoms with Crippen molar-refractivity contribution >= 4 is 23.2 Å². The van der Waals surface area contributed by atoms with E-state index in [4.69, 9.17) is 23.2 Å². The Morgan fingerprint density at radius 3 is 2.28 bits per heavy atom. The summed E-state index contributed by atoms with van der Waals surface area (Å²) < 4.78 is 0. The highest BCUT2D eigenvalue weighted by atomic mass is 35.5. The lowest BCUT2D eigenvalue weighted by Crippen LogP contribution is -2.28. The average Bonchev–Trinajstić information content (AvgIpc) is 2.31. The molecule has 1 unspecified atom stereocenters. The number of hydrogen-bond acceptors (Lipinski definition) is 1. The molecule has 1 nitrogen and oxygen atoms in total. The van der Waals surface area contributed by atoms with E-state index in [1.807, 2.05) is 18.2 Å². The molecule has 1 atom stereocenters. The molecule has 0 fully saturated rings. The Labute approximate surface area is 121 Å². The van der Waals surface area contributed by atoms with Crippen LogP contribution in [0.3, 0.4) is 0 Å². The lowest BCUT2D eigenvalue weighted by Gasteiger charge is -2.22. The van der Waals surface area contributed by atoms with Crippen molar-refractivity contribution in [3.05, 3.63) is 33.8 Å². The third-order valence-electron chi connectivity index (χ3n) is 3.30. The second-order valence-corrected chi connectivity index (χ2v) is 5.93. The van der Waals surface area contributed by atoms with Gasteiger partial charge in [-0.05, 0) is 55.5 Å². The Hall–Kier alpha value is -0.240. The highest BCUT2D eigenvalue weighted by Gasteiger charge is 2.17. The van der Waals surface area contributed by atoms with E-state index in [1.165, 1.54) is 0 Å². The fraction of sp³-hybridized carbons (Fsp3) is 0.600. The van der Waals surface area contributed by atoms with Crippen molar-refractivity contribution in [1.82, 2.24) is 5.32 Å². The monoisotopic (exact) mass is 287 g/mol. The topological polar surface area (TPSA) is 12.0 Å². The lowest BCUT2D eigenvalue weighted by atomic mass is 9.89. The van der Waals surface area contributed by atoms with E-state index < -0.39 is 0 Å². The molecule has 0 aromatic heterocycles. The summed E-state index contributed by atoms with van der Waals surface area (Å²) in [4.78, 5) is 0. The van der Waals surface area contributed by atoms with Gasteiger partial charge in [-0.3, -0.25) is 0 Å². The van der Waals surface area contributed by atoms with Gasteiger partial charge in [0.15, 0.2) is 0 Å². The summed E-state index contributed by atoms with van der Waals surface area (Å²) in [7, 11) is 0. The smallest absolute Gasteiger partial charge is 0.0452 e. The van der Waals surface area contributed by atoms with Gasteiger partial charge in [0.1, 0.15) is 0 Å². The van der Waals surface area contributed by atoms with Gasteiger partial charge in [-0.2, -0.15) is 0 Å². The minimum atomic E-state index is 0.564. The van der Waals surface area contributed by atoms with Crippen LogP contribution in [0.5, 0.6) is 0 Å². The number of hydrogen-bond donors (Lipinski definition) is 1. The first-order valence-electron chi connectivity index (χ1n) is 6.69. The number of rotatable bonds is 7. The van der Waals surface area contributed by atoms with E-state index >= 15 is 0 Å². The summed E-state index contributed by atoms with van der Waals surface area (Å²) in [5.41, 5.74) is 1.08. The first-order valence-corrected chi connectivity index (χ1v) is 7.45. The van der Waals surface area contributed by atoms with E-state index in [-0.39, 0.29) is 0 Å². The summed E-state index contributed by atoms with van der Waals surface area (Å²) in [5, 5.41) is 5.05. The van der Waals surface area contributed by atoms with E-state index in [0.29, 0.717) is 11.8 Å². The predicted octanol–water partition coefficient (Wildman–Crippen LogP) is 4.81. The zero-order valence-corrected chi connectivity index (χ0v) is 13.0. The highest BCUT2D eigenvalue weighted by molar-refractivity contribution is 6.35. The minimum Gasteiger partial charge on any atom is -0.316 e. The van der Waals surface area contributed by atoms with Gasteiger partial charge in [-0.25, -0.2) is 0 Å². The molecule has 0 aliphatic carbocycles. The maximum Gasteiger partial charge on any atom is 0.0452 e. The molecule has 0 aliphatic rings. The van der Waals surface area contributed by atoms with Crippen LogP contribution < -0.4 is 5.32 Å². The van der Waals surface area contributed by atoms with Crippen molar-refractivity contribution in [3.63, 3.8) is 0 Å². The largest absolute Gasteiger partial charge is 0.316 e. The van der Waals surface area contributed by atoms with Crippen LogP contribution in [0.25, 0.3) is 0 Å². The summed E-state index contributed by atoms with van der Waals surface area (Å²) in [6.07, 6.45) is 2.10. The van der Waals surface area contributed by atoms with Gasteiger partial charge in [0.2, 0.25) is 0 Å². The van der Waals surface area contributed by atoms with Gasteiger partial charge in [0.05, 0.1) is 0 Å². The molecule has 0 bridgehead atoms. The van der Waals surface area contributed by atoms with Gasteiger partial charge in [-0.15, -0.1) is 0 Å². The molecular weight excluding hydrogens is 265 g/mol. The summed E-state index contributed by atoms with van der Waals surface area (Å²) >= 11 is 12.5. The minimum absolute atomic E-state index is 0.564. The van der Waals surface area contributed by atoms with Crippen molar-refractivity contribution < 1.29 is 0 Å². The molecule has 0 saturated heterocycles. The van der Waals surface area contributed by atoms with Crippen molar-refractivity contribution in [2.45, 2.75) is 33.6 Å². The van der Waals surface area contributed by atoms with Crippen LogP contribution in [0.15, 0.2) is 18.2 Å². The van der Waals surface area contributed by atoms with Gasteiger partial charge >= 0.3 is 0 Å². The molecule has 18 heavy (non-hydrogen) atoms. The van der Waals surface area contributed by atoms with Crippen LogP contribution in [-0.2, 0) is 6.42 Å². The molecule has 1 rings (SSSR count). The zero-order chi connectivity index (χ0) is 13.5. The molecule has 102 valence electrons.